The highest BCUT2D eigenvalue weighted by atomic mass is 19.1. The fourth-order valence-corrected chi connectivity index (χ4v) is 4.90. The molecule has 3 aromatic rings. The van der Waals surface area contributed by atoms with E-state index < -0.39 is 5.97 Å². The lowest BCUT2D eigenvalue weighted by Gasteiger charge is -2.29. The summed E-state index contributed by atoms with van der Waals surface area (Å²) < 4.78 is 14.9. The number of nitrogens with zero attached hydrogens (tertiary/aromatic N) is 1. The Morgan fingerprint density at radius 1 is 1.05 bits per heavy atom. The van der Waals surface area contributed by atoms with E-state index >= 15 is 0 Å². The van der Waals surface area contributed by atoms with Gasteiger partial charge in [0.1, 0.15) is 5.82 Å². The second-order valence-electron chi connectivity index (χ2n) is 10.3. The number of piperidine rings is 1. The van der Waals surface area contributed by atoms with Crippen LogP contribution in [0.2, 0.25) is 0 Å². The maximum atomic E-state index is 14.9. The van der Waals surface area contributed by atoms with Crippen LogP contribution in [0.1, 0.15) is 48.2 Å². The van der Waals surface area contributed by atoms with Gasteiger partial charge >= 0.3 is 5.97 Å². The van der Waals surface area contributed by atoms with Crippen molar-refractivity contribution in [3.8, 4) is 11.1 Å². The van der Waals surface area contributed by atoms with Gasteiger partial charge in [-0.15, -0.1) is 0 Å². The standard InChI is InChI=1S/C33H35FN2O3/c1-23(2)17-27(32(37)35-20-24-9-4-3-5-10-24)18-25-11-8-16-36(21-25)22-28-19-26(14-15-31(28)34)29-12-6-7-13-30(29)33(38)39/h3-7,9-10,12-15,17-19,23H,8,11,16,20-22H2,1-2H3,(H,35,37)(H,38,39)/b25-18-,27-17+. The van der Waals surface area contributed by atoms with Gasteiger partial charge in [-0.2, -0.15) is 0 Å². The van der Waals surface area contributed by atoms with Crippen molar-refractivity contribution in [3.63, 3.8) is 0 Å². The highest BCUT2D eigenvalue weighted by Crippen LogP contribution is 2.28. The van der Waals surface area contributed by atoms with Crippen molar-refractivity contribution >= 4 is 11.9 Å². The number of carboxylic acid groups (broad SMARTS) is 1. The third-order valence-corrected chi connectivity index (χ3v) is 6.74. The minimum Gasteiger partial charge on any atom is -0.478 e. The number of carbonyl (C=O) groups excluding carboxylic acids is 1. The molecule has 6 heteroatoms. The van der Waals surface area contributed by atoms with Gasteiger partial charge < -0.3 is 10.4 Å². The van der Waals surface area contributed by atoms with Gasteiger partial charge in [-0.3, -0.25) is 9.69 Å². The van der Waals surface area contributed by atoms with Crippen LogP contribution in [0.25, 0.3) is 11.1 Å². The molecule has 0 radical (unpaired) electrons. The zero-order chi connectivity index (χ0) is 27.8. The van der Waals surface area contributed by atoms with E-state index in [-0.39, 0.29) is 23.2 Å². The molecule has 1 aliphatic rings. The van der Waals surface area contributed by atoms with E-state index in [9.17, 15) is 19.1 Å². The van der Waals surface area contributed by atoms with Crippen LogP contribution in [-0.2, 0) is 17.9 Å². The van der Waals surface area contributed by atoms with Crippen molar-refractivity contribution in [2.24, 2.45) is 5.92 Å². The molecule has 4 rings (SSSR count). The van der Waals surface area contributed by atoms with Crippen LogP contribution in [0.4, 0.5) is 4.39 Å². The molecule has 1 heterocycles. The SMILES string of the molecule is CC(C)/C=C(\C=C1\CCCN(Cc2cc(-c3ccccc3C(=O)O)ccc2F)C1)C(=O)NCc1ccccc1. The summed E-state index contributed by atoms with van der Waals surface area (Å²) in [4.78, 5) is 26.9. The number of aromatic carboxylic acids is 1. The maximum absolute atomic E-state index is 14.9. The van der Waals surface area contributed by atoms with E-state index in [0.717, 1.165) is 30.5 Å². The Kier molecular flexibility index (Phi) is 9.45. The zero-order valence-electron chi connectivity index (χ0n) is 22.5. The fourth-order valence-electron chi connectivity index (χ4n) is 4.90. The van der Waals surface area contributed by atoms with E-state index in [1.165, 1.54) is 6.07 Å². The number of hydrogen-bond donors (Lipinski definition) is 2. The Morgan fingerprint density at radius 3 is 2.54 bits per heavy atom. The van der Waals surface area contributed by atoms with Crippen LogP contribution in [0, 0.1) is 11.7 Å². The van der Waals surface area contributed by atoms with E-state index in [4.69, 9.17) is 0 Å². The van der Waals surface area contributed by atoms with Crippen LogP contribution >= 0.6 is 0 Å². The number of carboxylic acids is 1. The molecule has 0 saturated carbocycles. The van der Waals surface area contributed by atoms with Crippen molar-refractivity contribution in [1.29, 1.82) is 0 Å². The number of halogens is 1. The third-order valence-electron chi connectivity index (χ3n) is 6.74. The fraction of sp³-hybridized carbons (Fsp3) is 0.273. The number of carbonyl (C=O) groups is 2. The predicted octanol–water partition coefficient (Wildman–Crippen LogP) is 6.61. The van der Waals surface area contributed by atoms with Gasteiger partial charge in [0.25, 0.3) is 5.91 Å². The molecule has 39 heavy (non-hydrogen) atoms. The summed E-state index contributed by atoms with van der Waals surface area (Å²) in [6.07, 6.45) is 5.76. The number of amides is 1. The lowest BCUT2D eigenvalue weighted by atomic mass is 9.96. The molecule has 3 aromatic carbocycles. The van der Waals surface area contributed by atoms with Gasteiger partial charge in [0, 0.05) is 30.8 Å². The summed E-state index contributed by atoms with van der Waals surface area (Å²) in [5, 5.41) is 12.6. The summed E-state index contributed by atoms with van der Waals surface area (Å²) in [6, 6.07) is 21.4. The summed E-state index contributed by atoms with van der Waals surface area (Å²) in [7, 11) is 0. The molecule has 0 bridgehead atoms. The number of likely N-dealkylation sites (tertiary alicyclic amines) is 1. The molecule has 202 valence electrons. The second kappa shape index (κ2) is 13.2. The molecule has 1 aliphatic heterocycles. The Balaban J connectivity index is 1.49. The first kappa shape index (κ1) is 28.0. The van der Waals surface area contributed by atoms with Gasteiger partial charge in [0.15, 0.2) is 0 Å². The first-order chi connectivity index (χ1) is 18.8. The summed E-state index contributed by atoms with van der Waals surface area (Å²) in [5.74, 6) is -1.22. The number of hydrogen-bond acceptors (Lipinski definition) is 3. The minimum atomic E-state index is -1.01. The smallest absolute Gasteiger partial charge is 0.336 e. The normalized spacial score (nSPS) is 15.5. The van der Waals surface area contributed by atoms with Crippen molar-refractivity contribution in [1.82, 2.24) is 10.2 Å². The molecule has 0 unspecified atom stereocenters. The Hall–Kier alpha value is -4.03. The molecule has 0 aromatic heterocycles. The summed E-state index contributed by atoms with van der Waals surface area (Å²) >= 11 is 0. The molecule has 2 N–H and O–H groups in total. The Bertz CT molecular complexity index is 1380. The van der Waals surface area contributed by atoms with Gasteiger partial charge in [0.05, 0.1) is 5.56 Å². The van der Waals surface area contributed by atoms with E-state index in [1.54, 1.807) is 36.4 Å². The first-order valence-corrected chi connectivity index (χ1v) is 13.4. The van der Waals surface area contributed by atoms with Gasteiger partial charge in [-0.25, -0.2) is 9.18 Å². The number of allylic oxidation sites excluding steroid dienone is 1. The van der Waals surface area contributed by atoms with Gasteiger partial charge in [-0.1, -0.05) is 80.1 Å². The summed E-state index contributed by atoms with van der Waals surface area (Å²) in [6.45, 7) is 6.41. The monoisotopic (exact) mass is 526 g/mol. The van der Waals surface area contributed by atoms with Gasteiger partial charge in [-0.05, 0) is 66.3 Å². The van der Waals surface area contributed by atoms with Crippen molar-refractivity contribution in [2.45, 2.75) is 39.8 Å². The van der Waals surface area contributed by atoms with E-state index in [1.807, 2.05) is 42.5 Å². The van der Waals surface area contributed by atoms with Crippen LogP contribution in [0.5, 0.6) is 0 Å². The Morgan fingerprint density at radius 2 is 1.79 bits per heavy atom. The average molecular weight is 527 g/mol. The van der Waals surface area contributed by atoms with Crippen LogP contribution < -0.4 is 5.32 Å². The van der Waals surface area contributed by atoms with Crippen molar-refractivity contribution in [3.05, 3.63) is 119 Å². The number of rotatable bonds is 9. The third kappa shape index (κ3) is 7.74. The minimum absolute atomic E-state index is 0.104. The zero-order valence-corrected chi connectivity index (χ0v) is 22.5. The van der Waals surface area contributed by atoms with E-state index in [0.29, 0.717) is 41.9 Å². The average Bonchev–Trinajstić information content (AvgIpc) is 2.93. The molecular formula is C33H35FN2O3. The lowest BCUT2D eigenvalue weighted by Crippen LogP contribution is -2.31. The highest BCUT2D eigenvalue weighted by Gasteiger charge is 2.19. The van der Waals surface area contributed by atoms with E-state index in [2.05, 4.69) is 24.1 Å². The number of benzene rings is 3. The molecular weight excluding hydrogens is 491 g/mol. The van der Waals surface area contributed by atoms with Crippen molar-refractivity contribution < 1.29 is 19.1 Å². The maximum Gasteiger partial charge on any atom is 0.336 e. The molecule has 1 fully saturated rings. The largest absolute Gasteiger partial charge is 0.478 e. The Labute approximate surface area is 229 Å². The quantitative estimate of drug-likeness (QED) is 0.308. The predicted molar refractivity (Wildman–Crippen MR) is 153 cm³/mol. The molecule has 0 atom stereocenters. The molecule has 0 spiro atoms. The second-order valence-corrected chi connectivity index (χ2v) is 10.3. The lowest BCUT2D eigenvalue weighted by molar-refractivity contribution is -0.117. The van der Waals surface area contributed by atoms with Gasteiger partial charge in [0.2, 0.25) is 0 Å². The highest BCUT2D eigenvalue weighted by molar-refractivity contribution is 5.96. The summed E-state index contributed by atoms with van der Waals surface area (Å²) in [5.41, 5.74) is 4.78. The van der Waals surface area contributed by atoms with Crippen molar-refractivity contribution in [2.75, 3.05) is 13.1 Å². The number of nitrogens with one attached hydrogen (secondary N) is 1. The van der Waals surface area contributed by atoms with Crippen LogP contribution in [0.3, 0.4) is 0 Å². The topological polar surface area (TPSA) is 69.6 Å². The molecule has 1 saturated heterocycles. The molecule has 0 aliphatic carbocycles. The van der Waals surface area contributed by atoms with Crippen LogP contribution in [0.15, 0.2) is 96.1 Å². The van der Waals surface area contributed by atoms with Crippen LogP contribution in [-0.4, -0.2) is 35.0 Å². The molecule has 5 nitrogen and oxygen atoms in total. The first-order valence-electron chi connectivity index (χ1n) is 13.4. The molecule has 1 amide bonds.